The number of fused-ring (bicyclic) bond motifs is 1. The number of carbonyl (C=O) groups excluding carboxylic acids is 2. The summed E-state index contributed by atoms with van der Waals surface area (Å²) in [6.07, 6.45) is 1.66. The van der Waals surface area contributed by atoms with Gasteiger partial charge in [0.2, 0.25) is 10.0 Å². The molecule has 0 aliphatic carbocycles. The Bertz CT molecular complexity index is 997. The SMILES string of the molecule is C[C@@H]1Cc2cc(C(=O)COC(=O)c3ccc(O)cc3)ccc2N1S(C)(=O)=O. The van der Waals surface area contributed by atoms with Crippen molar-refractivity contribution < 1.29 is 27.9 Å². The van der Waals surface area contributed by atoms with Crippen LogP contribution in [0.1, 0.15) is 33.2 Å². The monoisotopic (exact) mass is 389 g/mol. The third-order valence-corrected chi connectivity index (χ3v) is 5.62. The van der Waals surface area contributed by atoms with Gasteiger partial charge in [0.1, 0.15) is 5.75 Å². The number of phenols is 1. The van der Waals surface area contributed by atoms with E-state index >= 15 is 0 Å². The minimum absolute atomic E-state index is 0.0260. The number of benzene rings is 2. The van der Waals surface area contributed by atoms with E-state index in [1.165, 1.54) is 34.6 Å². The van der Waals surface area contributed by atoms with Crippen LogP contribution in [-0.4, -0.2) is 44.2 Å². The first-order chi connectivity index (χ1) is 12.7. The topological polar surface area (TPSA) is 101 Å². The Morgan fingerprint density at radius 3 is 2.41 bits per heavy atom. The number of sulfonamides is 1. The summed E-state index contributed by atoms with van der Waals surface area (Å²) < 4.78 is 30.3. The van der Waals surface area contributed by atoms with Gasteiger partial charge in [-0.05, 0) is 61.4 Å². The molecule has 7 nitrogen and oxygen atoms in total. The van der Waals surface area contributed by atoms with Gasteiger partial charge in [-0.2, -0.15) is 0 Å². The number of hydrogen-bond donors (Lipinski definition) is 1. The molecule has 1 N–H and O–H groups in total. The normalized spacial score (nSPS) is 16.1. The quantitative estimate of drug-likeness (QED) is 0.621. The van der Waals surface area contributed by atoms with E-state index in [0.29, 0.717) is 17.7 Å². The maximum Gasteiger partial charge on any atom is 0.338 e. The number of ether oxygens (including phenoxy) is 1. The second kappa shape index (κ2) is 7.03. The fraction of sp³-hybridized carbons (Fsp3) is 0.263. The van der Waals surface area contributed by atoms with Gasteiger partial charge in [-0.15, -0.1) is 0 Å². The van der Waals surface area contributed by atoms with Crippen LogP contribution in [0.4, 0.5) is 5.69 Å². The third kappa shape index (κ3) is 3.95. The number of carbonyl (C=O) groups is 2. The fourth-order valence-electron chi connectivity index (χ4n) is 3.18. The highest BCUT2D eigenvalue weighted by Gasteiger charge is 2.32. The standard InChI is InChI=1S/C19H19NO6S/c1-12-9-15-10-14(5-8-17(15)20(12)27(2,24)25)18(22)11-26-19(23)13-3-6-16(21)7-4-13/h3-8,10,12,21H,9,11H2,1-2H3/t12-/m1/s1. The lowest BCUT2D eigenvalue weighted by atomic mass is 10.0. The lowest BCUT2D eigenvalue weighted by molar-refractivity contribution is 0.0474. The number of phenolic OH excluding ortho intramolecular Hbond substituents is 1. The van der Waals surface area contributed by atoms with Crippen LogP contribution in [0.2, 0.25) is 0 Å². The van der Waals surface area contributed by atoms with E-state index in [2.05, 4.69) is 0 Å². The van der Waals surface area contributed by atoms with E-state index < -0.39 is 22.6 Å². The highest BCUT2D eigenvalue weighted by Crippen LogP contribution is 2.34. The average molecular weight is 389 g/mol. The zero-order valence-electron chi connectivity index (χ0n) is 14.9. The number of nitrogens with zero attached hydrogens (tertiary/aromatic N) is 1. The van der Waals surface area contributed by atoms with Gasteiger partial charge < -0.3 is 9.84 Å². The minimum atomic E-state index is -3.39. The van der Waals surface area contributed by atoms with Crippen molar-refractivity contribution >= 4 is 27.5 Å². The highest BCUT2D eigenvalue weighted by atomic mass is 32.2. The Morgan fingerprint density at radius 2 is 1.78 bits per heavy atom. The molecule has 0 spiro atoms. The highest BCUT2D eigenvalue weighted by molar-refractivity contribution is 7.92. The molecule has 0 fully saturated rings. The molecule has 1 aliphatic heterocycles. The molecule has 2 aromatic rings. The Kier molecular flexibility index (Phi) is 4.93. The van der Waals surface area contributed by atoms with Crippen molar-refractivity contribution in [1.29, 1.82) is 0 Å². The number of anilines is 1. The van der Waals surface area contributed by atoms with Crippen molar-refractivity contribution in [2.75, 3.05) is 17.2 Å². The summed E-state index contributed by atoms with van der Waals surface area (Å²) in [5.41, 5.74) is 1.92. The minimum Gasteiger partial charge on any atom is -0.508 e. The zero-order valence-corrected chi connectivity index (χ0v) is 15.7. The van der Waals surface area contributed by atoms with Crippen LogP contribution in [0.5, 0.6) is 5.75 Å². The summed E-state index contributed by atoms with van der Waals surface area (Å²) in [5.74, 6) is -1.02. The van der Waals surface area contributed by atoms with Crippen LogP contribution in [-0.2, 0) is 21.2 Å². The van der Waals surface area contributed by atoms with Gasteiger partial charge in [0.25, 0.3) is 0 Å². The fourth-order valence-corrected chi connectivity index (χ4v) is 4.44. The number of rotatable bonds is 5. The molecule has 3 rings (SSSR count). The van der Waals surface area contributed by atoms with Crippen molar-refractivity contribution in [3.63, 3.8) is 0 Å². The molecule has 0 unspecified atom stereocenters. The molecule has 8 heteroatoms. The van der Waals surface area contributed by atoms with Crippen LogP contribution in [0.3, 0.4) is 0 Å². The molecule has 27 heavy (non-hydrogen) atoms. The van der Waals surface area contributed by atoms with Crippen LogP contribution in [0.15, 0.2) is 42.5 Å². The van der Waals surface area contributed by atoms with Crippen molar-refractivity contribution in [3.8, 4) is 5.75 Å². The van der Waals surface area contributed by atoms with Gasteiger partial charge in [0.05, 0.1) is 17.5 Å². The maximum atomic E-state index is 12.3. The van der Waals surface area contributed by atoms with Crippen molar-refractivity contribution in [3.05, 3.63) is 59.2 Å². The van der Waals surface area contributed by atoms with E-state index in [4.69, 9.17) is 4.74 Å². The Labute approximate surface area is 157 Å². The smallest absolute Gasteiger partial charge is 0.338 e. The van der Waals surface area contributed by atoms with Gasteiger partial charge in [0, 0.05) is 11.6 Å². The zero-order chi connectivity index (χ0) is 19.8. The predicted molar refractivity (Wildman–Crippen MR) is 99.7 cm³/mol. The molecule has 0 amide bonds. The first-order valence-electron chi connectivity index (χ1n) is 8.28. The first-order valence-corrected chi connectivity index (χ1v) is 10.1. The summed E-state index contributed by atoms with van der Waals surface area (Å²) >= 11 is 0. The Morgan fingerprint density at radius 1 is 1.15 bits per heavy atom. The van der Waals surface area contributed by atoms with Gasteiger partial charge in [-0.25, -0.2) is 13.2 Å². The molecule has 0 saturated heterocycles. The van der Waals surface area contributed by atoms with Gasteiger partial charge in [-0.1, -0.05) is 0 Å². The molecule has 0 radical (unpaired) electrons. The second-order valence-electron chi connectivity index (χ2n) is 6.50. The van der Waals surface area contributed by atoms with Crippen LogP contribution in [0.25, 0.3) is 0 Å². The predicted octanol–water partition coefficient (Wildman–Crippen LogP) is 2.14. The van der Waals surface area contributed by atoms with Crippen molar-refractivity contribution in [2.45, 2.75) is 19.4 Å². The molecular formula is C19H19NO6S. The largest absolute Gasteiger partial charge is 0.508 e. The molecule has 0 bridgehead atoms. The third-order valence-electron chi connectivity index (χ3n) is 4.35. The van der Waals surface area contributed by atoms with E-state index in [-0.39, 0.29) is 23.1 Å². The Hall–Kier alpha value is -2.87. The number of hydrogen-bond acceptors (Lipinski definition) is 6. The van der Waals surface area contributed by atoms with Crippen molar-refractivity contribution in [1.82, 2.24) is 0 Å². The second-order valence-corrected chi connectivity index (χ2v) is 8.36. The number of ketones is 1. The van der Waals surface area contributed by atoms with Gasteiger partial charge in [0.15, 0.2) is 12.4 Å². The molecule has 1 aliphatic rings. The number of aromatic hydroxyl groups is 1. The van der Waals surface area contributed by atoms with Crippen molar-refractivity contribution in [2.24, 2.45) is 0 Å². The van der Waals surface area contributed by atoms with E-state index in [9.17, 15) is 23.1 Å². The van der Waals surface area contributed by atoms with Gasteiger partial charge in [-0.3, -0.25) is 9.10 Å². The first kappa shape index (κ1) is 18.9. The molecule has 142 valence electrons. The lowest BCUT2D eigenvalue weighted by Crippen LogP contribution is -2.34. The average Bonchev–Trinajstić information content (AvgIpc) is 2.94. The summed E-state index contributed by atoms with van der Waals surface area (Å²) in [6, 6.07) is 10.1. The maximum absolute atomic E-state index is 12.3. The summed E-state index contributed by atoms with van der Waals surface area (Å²) in [5, 5.41) is 9.22. The van der Waals surface area contributed by atoms with Crippen LogP contribution < -0.4 is 4.31 Å². The lowest BCUT2D eigenvalue weighted by Gasteiger charge is -2.21. The van der Waals surface area contributed by atoms with Gasteiger partial charge >= 0.3 is 5.97 Å². The van der Waals surface area contributed by atoms with Crippen LogP contribution >= 0.6 is 0 Å². The summed E-state index contributed by atoms with van der Waals surface area (Å²) in [6.45, 7) is 1.38. The van der Waals surface area contributed by atoms with E-state index in [0.717, 1.165) is 11.8 Å². The van der Waals surface area contributed by atoms with Crippen LogP contribution in [0, 0.1) is 0 Å². The van der Waals surface area contributed by atoms with E-state index in [1.807, 2.05) is 6.92 Å². The molecule has 0 saturated carbocycles. The molecule has 2 aromatic carbocycles. The molecule has 0 aromatic heterocycles. The number of esters is 1. The summed E-state index contributed by atoms with van der Waals surface area (Å²) in [4.78, 5) is 24.3. The molecule has 1 atom stereocenters. The molecular weight excluding hydrogens is 370 g/mol. The number of Topliss-reactive ketones (excluding diaryl/α,β-unsaturated/α-hetero) is 1. The Balaban J connectivity index is 1.71. The van der Waals surface area contributed by atoms with E-state index in [1.54, 1.807) is 12.1 Å². The summed E-state index contributed by atoms with van der Waals surface area (Å²) in [7, 11) is -3.39. The molecule has 1 heterocycles.